The van der Waals surface area contributed by atoms with Crippen molar-refractivity contribution in [1.82, 2.24) is 0 Å². The molecule has 17 heavy (non-hydrogen) atoms. The molecular weight excluding hydrogens is 333 g/mol. The molecule has 1 N–H and O–H groups in total. The Balaban J connectivity index is 2.38. The van der Waals surface area contributed by atoms with Crippen LogP contribution in [-0.2, 0) is 9.53 Å². The first-order chi connectivity index (χ1) is 8.19. The molecule has 1 aliphatic rings. The minimum atomic E-state index is -0.962. The number of aliphatic carboxylic acids is 1. The van der Waals surface area contributed by atoms with Gasteiger partial charge in [-0.25, -0.2) is 0 Å². The van der Waals surface area contributed by atoms with Crippen LogP contribution in [0, 0.1) is 5.41 Å². The molecule has 0 bridgehead atoms. The molecule has 2 rings (SSSR count). The van der Waals surface area contributed by atoms with Crippen molar-refractivity contribution in [3.63, 3.8) is 0 Å². The summed E-state index contributed by atoms with van der Waals surface area (Å²) < 4.78 is 5.75. The number of carboxylic acid groups (broad SMARTS) is 1. The summed E-state index contributed by atoms with van der Waals surface area (Å²) in [5.41, 5.74) is 0.408. The van der Waals surface area contributed by atoms with Crippen LogP contribution in [0.1, 0.15) is 0 Å². The summed E-state index contributed by atoms with van der Waals surface area (Å²) in [5.74, 6) is -0.862. The van der Waals surface area contributed by atoms with Gasteiger partial charge in [0.15, 0.2) is 0 Å². The number of rotatable bonds is 3. The summed E-state index contributed by atoms with van der Waals surface area (Å²) in [6, 6.07) is 9.36. The van der Waals surface area contributed by atoms with Crippen LogP contribution in [0.15, 0.2) is 35.3 Å². The van der Waals surface area contributed by atoms with Crippen LogP contribution in [0.2, 0.25) is 0 Å². The number of nitrogens with zero attached hydrogens (tertiary/aromatic N) is 1. The Morgan fingerprint density at radius 3 is 2.76 bits per heavy atom. The summed E-state index contributed by atoms with van der Waals surface area (Å²) in [7, 11) is 0. The number of benzene rings is 1. The van der Waals surface area contributed by atoms with Crippen LogP contribution < -0.4 is 0 Å². The van der Waals surface area contributed by atoms with E-state index in [0.717, 1.165) is 5.69 Å². The second kappa shape index (κ2) is 5.14. The third kappa shape index (κ3) is 2.35. The summed E-state index contributed by atoms with van der Waals surface area (Å²) in [5, 5.41) is 9.35. The van der Waals surface area contributed by atoms with E-state index in [0.29, 0.717) is 16.7 Å². The highest BCUT2D eigenvalue weighted by atomic mass is 127. The van der Waals surface area contributed by atoms with Gasteiger partial charge in [0.25, 0.3) is 0 Å². The Hall–Kier alpha value is -0.950. The van der Waals surface area contributed by atoms with Gasteiger partial charge in [-0.05, 0) is 12.1 Å². The van der Waals surface area contributed by atoms with Crippen LogP contribution in [-0.4, -0.2) is 34.4 Å². The number of para-hydroxylation sites is 1. The molecular formula is C12H12INO3. The summed E-state index contributed by atoms with van der Waals surface area (Å²) in [6.07, 6.45) is 0. The van der Waals surface area contributed by atoms with Crippen molar-refractivity contribution in [2.75, 3.05) is 17.6 Å². The summed E-state index contributed by atoms with van der Waals surface area (Å²) in [6.45, 7) is 0.501. The molecule has 4 nitrogen and oxygen atoms in total. The lowest BCUT2D eigenvalue weighted by molar-refractivity contribution is -0.144. The number of alkyl halides is 1. The van der Waals surface area contributed by atoms with E-state index in [1.54, 1.807) is 0 Å². The van der Waals surface area contributed by atoms with Crippen molar-refractivity contribution in [3.05, 3.63) is 30.3 Å². The molecule has 1 heterocycles. The molecule has 0 aliphatic carbocycles. The Morgan fingerprint density at radius 2 is 2.18 bits per heavy atom. The van der Waals surface area contributed by atoms with Crippen molar-refractivity contribution in [2.45, 2.75) is 0 Å². The van der Waals surface area contributed by atoms with E-state index in [-0.39, 0.29) is 6.61 Å². The lowest BCUT2D eigenvalue weighted by Crippen LogP contribution is -2.40. The zero-order valence-corrected chi connectivity index (χ0v) is 11.3. The molecule has 0 spiro atoms. The molecule has 90 valence electrons. The minimum Gasteiger partial charge on any atom is -0.480 e. The maximum absolute atomic E-state index is 11.4. The molecule has 0 saturated carbocycles. The van der Waals surface area contributed by atoms with E-state index in [2.05, 4.69) is 27.6 Å². The van der Waals surface area contributed by atoms with E-state index in [9.17, 15) is 9.90 Å². The first-order valence-corrected chi connectivity index (χ1v) is 6.72. The summed E-state index contributed by atoms with van der Waals surface area (Å²) >= 11 is 2.07. The third-order valence-electron chi connectivity index (χ3n) is 2.80. The average molecular weight is 345 g/mol. The highest BCUT2D eigenvalue weighted by molar-refractivity contribution is 14.1. The number of hydrogen-bond donors (Lipinski definition) is 1. The zero-order chi connectivity index (χ0) is 12.3. The third-order valence-corrected chi connectivity index (χ3v) is 4.10. The van der Waals surface area contributed by atoms with Crippen LogP contribution in [0.5, 0.6) is 0 Å². The van der Waals surface area contributed by atoms with Crippen molar-refractivity contribution >= 4 is 40.0 Å². The highest BCUT2D eigenvalue weighted by Gasteiger charge is 2.47. The van der Waals surface area contributed by atoms with E-state index in [1.807, 2.05) is 30.3 Å². The Kier molecular flexibility index (Phi) is 3.78. The highest BCUT2D eigenvalue weighted by Crippen LogP contribution is 2.31. The van der Waals surface area contributed by atoms with Gasteiger partial charge in [-0.15, -0.1) is 0 Å². The van der Waals surface area contributed by atoms with Crippen LogP contribution in [0.25, 0.3) is 0 Å². The molecule has 0 radical (unpaired) electrons. The maximum atomic E-state index is 11.4. The number of carboxylic acids is 1. The molecule has 1 aliphatic heterocycles. The Labute approximate surface area is 113 Å². The molecule has 1 saturated heterocycles. The second-order valence-electron chi connectivity index (χ2n) is 3.91. The lowest BCUT2D eigenvalue weighted by atomic mass is 9.88. The molecule has 1 aromatic carbocycles. The van der Waals surface area contributed by atoms with E-state index < -0.39 is 11.4 Å². The SMILES string of the molecule is O=C(O)C1(CI)COCC1=Nc1ccccc1. The lowest BCUT2D eigenvalue weighted by Gasteiger charge is -2.19. The molecule has 0 amide bonds. The summed E-state index contributed by atoms with van der Waals surface area (Å²) in [4.78, 5) is 15.8. The number of aliphatic imine (C=N–C) groups is 1. The smallest absolute Gasteiger partial charge is 0.318 e. The number of ether oxygens (including phenoxy) is 1. The van der Waals surface area contributed by atoms with Crippen molar-refractivity contribution in [2.24, 2.45) is 10.4 Å². The van der Waals surface area contributed by atoms with E-state index >= 15 is 0 Å². The van der Waals surface area contributed by atoms with Gasteiger partial charge in [0.1, 0.15) is 5.41 Å². The van der Waals surface area contributed by atoms with Crippen molar-refractivity contribution in [1.29, 1.82) is 0 Å². The van der Waals surface area contributed by atoms with Gasteiger partial charge < -0.3 is 9.84 Å². The quantitative estimate of drug-likeness (QED) is 0.676. The second-order valence-corrected chi connectivity index (χ2v) is 4.67. The van der Waals surface area contributed by atoms with Gasteiger partial charge in [0.05, 0.1) is 24.6 Å². The minimum absolute atomic E-state index is 0.205. The van der Waals surface area contributed by atoms with Crippen molar-refractivity contribution < 1.29 is 14.6 Å². The topological polar surface area (TPSA) is 58.9 Å². The average Bonchev–Trinajstić information content (AvgIpc) is 2.74. The number of carbonyl (C=O) groups is 1. The molecule has 5 heteroatoms. The largest absolute Gasteiger partial charge is 0.480 e. The Bertz CT molecular complexity index is 446. The first kappa shape index (κ1) is 12.5. The zero-order valence-electron chi connectivity index (χ0n) is 9.10. The van der Waals surface area contributed by atoms with Crippen LogP contribution in [0.4, 0.5) is 5.69 Å². The number of halogens is 1. The molecule has 1 fully saturated rings. The maximum Gasteiger partial charge on any atom is 0.318 e. The monoisotopic (exact) mass is 345 g/mol. The fourth-order valence-corrected chi connectivity index (χ4v) is 2.69. The van der Waals surface area contributed by atoms with Crippen molar-refractivity contribution in [3.8, 4) is 0 Å². The van der Waals surface area contributed by atoms with Gasteiger partial charge >= 0.3 is 5.97 Å². The van der Waals surface area contributed by atoms with Gasteiger partial charge in [-0.2, -0.15) is 0 Å². The van der Waals surface area contributed by atoms with Crippen LogP contribution >= 0.6 is 22.6 Å². The van der Waals surface area contributed by atoms with E-state index in [1.165, 1.54) is 0 Å². The predicted molar refractivity (Wildman–Crippen MR) is 73.3 cm³/mol. The standard InChI is InChI=1S/C12H12INO3/c13-7-12(11(15)16)8-17-6-10(12)14-9-4-2-1-3-5-9/h1-5H,6-8H2,(H,15,16). The molecule has 0 aromatic heterocycles. The normalized spacial score (nSPS) is 26.3. The fourth-order valence-electron chi connectivity index (χ4n) is 1.70. The Morgan fingerprint density at radius 1 is 1.47 bits per heavy atom. The predicted octanol–water partition coefficient (Wildman–Crippen LogP) is 2.30. The van der Waals surface area contributed by atoms with Crippen LogP contribution in [0.3, 0.4) is 0 Å². The van der Waals surface area contributed by atoms with Gasteiger partial charge in [-0.1, -0.05) is 40.8 Å². The van der Waals surface area contributed by atoms with Gasteiger partial charge in [0.2, 0.25) is 0 Å². The first-order valence-electron chi connectivity index (χ1n) is 5.19. The number of hydrogen-bond acceptors (Lipinski definition) is 3. The molecule has 1 atom stereocenters. The fraction of sp³-hybridized carbons (Fsp3) is 0.333. The molecule has 1 aromatic rings. The molecule has 1 unspecified atom stereocenters. The van der Waals surface area contributed by atoms with Gasteiger partial charge in [0, 0.05) is 4.43 Å². The van der Waals surface area contributed by atoms with Gasteiger partial charge in [-0.3, -0.25) is 9.79 Å². The van der Waals surface area contributed by atoms with E-state index in [4.69, 9.17) is 4.74 Å².